The van der Waals surface area contributed by atoms with E-state index in [0.29, 0.717) is 0 Å². The van der Waals surface area contributed by atoms with Crippen molar-refractivity contribution >= 4 is 5.69 Å². The highest BCUT2D eigenvalue weighted by Crippen LogP contribution is 2.30. The Morgan fingerprint density at radius 3 is 2.89 bits per heavy atom. The molecule has 1 aromatic carbocycles. The van der Waals surface area contributed by atoms with Crippen LogP contribution in [0, 0.1) is 0 Å². The first-order chi connectivity index (χ1) is 8.69. The SMILES string of the molecule is COc1ccccc1NC1(CO)CCCN(C)C1. The monoisotopic (exact) mass is 250 g/mol. The number of benzene rings is 1. The Morgan fingerprint density at radius 2 is 2.22 bits per heavy atom. The van der Waals surface area contributed by atoms with Crippen LogP contribution in [0.4, 0.5) is 5.69 Å². The van der Waals surface area contributed by atoms with Crippen LogP contribution in [0.1, 0.15) is 12.8 Å². The van der Waals surface area contributed by atoms with Crippen LogP contribution in [0.5, 0.6) is 5.75 Å². The van der Waals surface area contributed by atoms with E-state index in [0.717, 1.165) is 37.4 Å². The zero-order valence-electron chi connectivity index (χ0n) is 11.1. The van der Waals surface area contributed by atoms with E-state index in [1.54, 1.807) is 7.11 Å². The lowest BCUT2D eigenvalue weighted by Gasteiger charge is -2.41. The summed E-state index contributed by atoms with van der Waals surface area (Å²) in [6.45, 7) is 2.08. The molecule has 1 saturated heterocycles. The summed E-state index contributed by atoms with van der Waals surface area (Å²) in [7, 11) is 3.76. The molecule has 18 heavy (non-hydrogen) atoms. The van der Waals surface area contributed by atoms with Crippen molar-refractivity contribution in [2.75, 3.05) is 39.2 Å². The Labute approximate surface area is 109 Å². The van der Waals surface area contributed by atoms with Crippen molar-refractivity contribution in [3.63, 3.8) is 0 Å². The zero-order valence-corrected chi connectivity index (χ0v) is 11.1. The summed E-state index contributed by atoms with van der Waals surface area (Å²) in [5, 5.41) is 13.2. The topological polar surface area (TPSA) is 44.7 Å². The summed E-state index contributed by atoms with van der Waals surface area (Å²) < 4.78 is 5.35. The van der Waals surface area contributed by atoms with Gasteiger partial charge in [-0.25, -0.2) is 0 Å². The summed E-state index contributed by atoms with van der Waals surface area (Å²) in [5.74, 6) is 0.818. The van der Waals surface area contributed by atoms with Crippen LogP contribution in [0.3, 0.4) is 0 Å². The minimum absolute atomic E-state index is 0.134. The zero-order chi connectivity index (χ0) is 13.0. The largest absolute Gasteiger partial charge is 0.495 e. The van der Waals surface area contributed by atoms with Gasteiger partial charge in [-0.15, -0.1) is 0 Å². The summed E-state index contributed by atoms with van der Waals surface area (Å²) in [6.07, 6.45) is 2.07. The number of aliphatic hydroxyl groups excluding tert-OH is 1. The lowest BCUT2D eigenvalue weighted by Crippen LogP contribution is -2.54. The van der Waals surface area contributed by atoms with Gasteiger partial charge in [0, 0.05) is 6.54 Å². The Hall–Kier alpha value is -1.26. The van der Waals surface area contributed by atoms with E-state index in [1.807, 2.05) is 24.3 Å². The Morgan fingerprint density at radius 1 is 1.44 bits per heavy atom. The maximum atomic E-state index is 9.75. The molecule has 0 aliphatic carbocycles. The van der Waals surface area contributed by atoms with Crippen molar-refractivity contribution in [2.24, 2.45) is 0 Å². The van der Waals surface area contributed by atoms with Gasteiger partial charge in [-0.1, -0.05) is 12.1 Å². The van der Waals surface area contributed by atoms with Gasteiger partial charge in [-0.05, 0) is 38.6 Å². The predicted molar refractivity (Wildman–Crippen MR) is 73.2 cm³/mol. The van der Waals surface area contributed by atoms with E-state index in [-0.39, 0.29) is 12.1 Å². The minimum Gasteiger partial charge on any atom is -0.495 e. The van der Waals surface area contributed by atoms with Gasteiger partial charge in [0.1, 0.15) is 5.75 Å². The first-order valence-corrected chi connectivity index (χ1v) is 6.40. The number of hydrogen-bond acceptors (Lipinski definition) is 4. The summed E-state index contributed by atoms with van der Waals surface area (Å²) in [5.41, 5.74) is 0.686. The average molecular weight is 250 g/mol. The highest BCUT2D eigenvalue weighted by molar-refractivity contribution is 5.58. The molecule has 2 rings (SSSR count). The molecule has 1 unspecified atom stereocenters. The number of piperidine rings is 1. The fourth-order valence-corrected chi connectivity index (χ4v) is 2.67. The molecule has 0 aromatic heterocycles. The van der Waals surface area contributed by atoms with Gasteiger partial charge >= 0.3 is 0 Å². The number of aliphatic hydroxyl groups is 1. The molecule has 0 bridgehead atoms. The van der Waals surface area contributed by atoms with Crippen molar-refractivity contribution < 1.29 is 9.84 Å². The van der Waals surface area contributed by atoms with Crippen LogP contribution in [0.2, 0.25) is 0 Å². The minimum atomic E-state index is -0.262. The van der Waals surface area contributed by atoms with Gasteiger partial charge < -0.3 is 20.1 Å². The van der Waals surface area contributed by atoms with Crippen LogP contribution in [0.15, 0.2) is 24.3 Å². The van der Waals surface area contributed by atoms with Gasteiger partial charge in [0.2, 0.25) is 0 Å². The number of nitrogens with zero attached hydrogens (tertiary/aromatic N) is 1. The lowest BCUT2D eigenvalue weighted by atomic mass is 9.89. The molecule has 4 heteroatoms. The van der Waals surface area contributed by atoms with E-state index in [2.05, 4.69) is 17.3 Å². The lowest BCUT2D eigenvalue weighted by molar-refractivity contribution is 0.124. The molecule has 4 nitrogen and oxygen atoms in total. The maximum Gasteiger partial charge on any atom is 0.141 e. The van der Waals surface area contributed by atoms with Crippen LogP contribution >= 0.6 is 0 Å². The number of rotatable bonds is 4. The normalized spacial score (nSPS) is 24.8. The third-order valence-electron chi connectivity index (χ3n) is 3.58. The predicted octanol–water partition coefficient (Wildman–Crippen LogP) is 1.56. The number of nitrogens with one attached hydrogen (secondary N) is 1. The Bertz CT molecular complexity index is 397. The van der Waals surface area contributed by atoms with E-state index in [9.17, 15) is 5.11 Å². The second-order valence-corrected chi connectivity index (χ2v) is 5.11. The Balaban J connectivity index is 2.19. The number of para-hydroxylation sites is 2. The molecule has 1 aliphatic heterocycles. The van der Waals surface area contributed by atoms with E-state index < -0.39 is 0 Å². The maximum absolute atomic E-state index is 9.75. The number of anilines is 1. The van der Waals surface area contributed by atoms with Gasteiger partial charge in [0.15, 0.2) is 0 Å². The first-order valence-electron chi connectivity index (χ1n) is 6.40. The molecule has 1 heterocycles. The number of methoxy groups -OCH3 is 1. The molecule has 1 aromatic rings. The smallest absolute Gasteiger partial charge is 0.141 e. The average Bonchev–Trinajstić information content (AvgIpc) is 2.39. The Kier molecular flexibility index (Phi) is 4.09. The summed E-state index contributed by atoms with van der Waals surface area (Å²) in [4.78, 5) is 2.25. The van der Waals surface area contributed by atoms with Gasteiger partial charge in [-0.3, -0.25) is 0 Å². The number of likely N-dealkylation sites (N-methyl/N-ethyl adjacent to an activating group) is 1. The van der Waals surface area contributed by atoms with Crippen LogP contribution in [-0.2, 0) is 0 Å². The summed E-state index contributed by atoms with van der Waals surface area (Å²) >= 11 is 0. The van der Waals surface area contributed by atoms with Crippen LogP contribution in [-0.4, -0.2) is 49.4 Å². The summed E-state index contributed by atoms with van der Waals surface area (Å²) in [6, 6.07) is 7.84. The molecule has 1 aliphatic rings. The number of ether oxygens (including phenoxy) is 1. The molecule has 0 amide bonds. The van der Waals surface area contributed by atoms with Crippen LogP contribution in [0.25, 0.3) is 0 Å². The van der Waals surface area contributed by atoms with Crippen molar-refractivity contribution in [1.29, 1.82) is 0 Å². The molecule has 1 fully saturated rings. The van der Waals surface area contributed by atoms with E-state index >= 15 is 0 Å². The molecular weight excluding hydrogens is 228 g/mol. The molecule has 0 saturated carbocycles. The molecule has 1 atom stereocenters. The van der Waals surface area contributed by atoms with E-state index in [1.165, 1.54) is 0 Å². The van der Waals surface area contributed by atoms with Crippen molar-refractivity contribution in [3.8, 4) is 5.75 Å². The fraction of sp³-hybridized carbons (Fsp3) is 0.571. The first kappa shape index (κ1) is 13.2. The molecular formula is C14H22N2O2. The van der Waals surface area contributed by atoms with E-state index in [4.69, 9.17) is 4.74 Å². The van der Waals surface area contributed by atoms with Crippen molar-refractivity contribution in [2.45, 2.75) is 18.4 Å². The highest BCUT2D eigenvalue weighted by Gasteiger charge is 2.34. The second kappa shape index (κ2) is 5.59. The highest BCUT2D eigenvalue weighted by atomic mass is 16.5. The third kappa shape index (κ3) is 2.76. The number of likely N-dealkylation sites (tertiary alicyclic amines) is 1. The molecule has 0 spiro atoms. The van der Waals surface area contributed by atoms with Crippen molar-refractivity contribution in [1.82, 2.24) is 4.90 Å². The third-order valence-corrected chi connectivity index (χ3v) is 3.58. The van der Waals surface area contributed by atoms with Crippen LogP contribution < -0.4 is 10.1 Å². The van der Waals surface area contributed by atoms with Gasteiger partial charge in [-0.2, -0.15) is 0 Å². The fourth-order valence-electron chi connectivity index (χ4n) is 2.67. The molecule has 2 N–H and O–H groups in total. The number of hydrogen-bond donors (Lipinski definition) is 2. The quantitative estimate of drug-likeness (QED) is 0.851. The van der Waals surface area contributed by atoms with Crippen molar-refractivity contribution in [3.05, 3.63) is 24.3 Å². The van der Waals surface area contributed by atoms with Gasteiger partial charge in [0.25, 0.3) is 0 Å². The van der Waals surface area contributed by atoms with Gasteiger partial charge in [0.05, 0.1) is 24.9 Å². The second-order valence-electron chi connectivity index (χ2n) is 5.11. The molecule has 0 radical (unpaired) electrons. The molecule has 100 valence electrons. The standard InChI is InChI=1S/C14H22N2O2/c1-16-9-5-8-14(10-16,11-17)15-12-6-3-4-7-13(12)18-2/h3-4,6-7,15,17H,5,8-11H2,1-2H3.